The molecule has 1 rings (SSSR count). The van der Waals surface area contributed by atoms with Crippen molar-refractivity contribution in [2.45, 2.75) is 84.7 Å². The molecule has 1 heterocycles. The molecule has 1 aliphatic heterocycles. The highest BCUT2D eigenvalue weighted by molar-refractivity contribution is 4.80. The lowest BCUT2D eigenvalue weighted by Gasteiger charge is -2.40. The smallest absolute Gasteiger partial charge is 0.00979 e. The third-order valence-electron chi connectivity index (χ3n) is 4.39. The Morgan fingerprint density at radius 3 is 2.68 bits per heavy atom. The molecule has 0 bridgehead atoms. The van der Waals surface area contributed by atoms with E-state index in [-0.39, 0.29) is 0 Å². The van der Waals surface area contributed by atoms with Crippen molar-refractivity contribution in [1.29, 1.82) is 0 Å². The first-order valence-electron chi connectivity index (χ1n) is 8.61. The number of nitrogens with zero attached hydrogens (tertiary/aromatic N) is 1. The number of nitrogens with one attached hydrogen (secondary N) is 1. The molecule has 2 heteroatoms. The maximum absolute atomic E-state index is 3.56. The van der Waals surface area contributed by atoms with Crippen LogP contribution in [0.15, 0.2) is 0 Å². The van der Waals surface area contributed by atoms with Crippen LogP contribution in [-0.2, 0) is 0 Å². The zero-order valence-electron chi connectivity index (χ0n) is 13.8. The quantitative estimate of drug-likeness (QED) is 0.635. The number of hydrogen-bond donors (Lipinski definition) is 1. The third kappa shape index (κ3) is 6.76. The van der Waals surface area contributed by atoms with Gasteiger partial charge in [0.25, 0.3) is 0 Å². The molecule has 0 aliphatic carbocycles. The minimum Gasteiger partial charge on any atom is -0.316 e. The van der Waals surface area contributed by atoms with Gasteiger partial charge >= 0.3 is 0 Å². The van der Waals surface area contributed by atoms with Crippen LogP contribution in [-0.4, -0.2) is 36.6 Å². The van der Waals surface area contributed by atoms with Crippen molar-refractivity contribution in [3.63, 3.8) is 0 Å². The average Bonchev–Trinajstić information content (AvgIpc) is 2.39. The molecule has 1 N–H and O–H groups in total. The number of hydrogen-bond acceptors (Lipinski definition) is 2. The summed E-state index contributed by atoms with van der Waals surface area (Å²) < 4.78 is 0. The Labute approximate surface area is 121 Å². The minimum absolute atomic E-state index is 0.772. The fourth-order valence-corrected chi connectivity index (χ4v) is 3.33. The van der Waals surface area contributed by atoms with E-state index < -0.39 is 0 Å². The number of piperidine rings is 1. The van der Waals surface area contributed by atoms with Crippen molar-refractivity contribution >= 4 is 0 Å². The van der Waals surface area contributed by atoms with Crippen LogP contribution in [0.25, 0.3) is 0 Å². The molecule has 1 fully saturated rings. The summed E-state index contributed by atoms with van der Waals surface area (Å²) >= 11 is 0. The van der Waals surface area contributed by atoms with Gasteiger partial charge in [-0.3, -0.25) is 4.90 Å². The van der Waals surface area contributed by atoms with E-state index in [4.69, 9.17) is 0 Å². The van der Waals surface area contributed by atoms with Gasteiger partial charge in [0.1, 0.15) is 0 Å². The van der Waals surface area contributed by atoms with Crippen LogP contribution >= 0.6 is 0 Å². The van der Waals surface area contributed by atoms with Crippen molar-refractivity contribution in [2.24, 2.45) is 5.92 Å². The van der Waals surface area contributed by atoms with Gasteiger partial charge in [-0.15, -0.1) is 0 Å². The fraction of sp³-hybridized carbons (Fsp3) is 1.00. The largest absolute Gasteiger partial charge is 0.316 e. The normalized spacial score (nSPS) is 22.9. The third-order valence-corrected chi connectivity index (χ3v) is 4.39. The molecule has 2 atom stereocenters. The predicted molar refractivity (Wildman–Crippen MR) is 85.7 cm³/mol. The predicted octanol–water partition coefficient (Wildman–Crippen LogP) is 4.06. The standard InChI is InChI=1S/C17H36N2/c1-5-9-17-11-6-7-13-19(17)16(4)10-8-12-18-14-15(2)3/h15-18H,5-14H2,1-4H3. The fourth-order valence-electron chi connectivity index (χ4n) is 3.33. The number of rotatable bonds is 9. The second kappa shape index (κ2) is 9.77. The Morgan fingerprint density at radius 2 is 2.00 bits per heavy atom. The van der Waals surface area contributed by atoms with Crippen LogP contribution in [0.1, 0.15) is 72.6 Å². The van der Waals surface area contributed by atoms with Gasteiger partial charge in [0.2, 0.25) is 0 Å². The van der Waals surface area contributed by atoms with Crippen molar-refractivity contribution in [1.82, 2.24) is 10.2 Å². The van der Waals surface area contributed by atoms with Gasteiger partial charge in [-0.05, 0) is 64.6 Å². The maximum Gasteiger partial charge on any atom is 0.00979 e. The zero-order valence-corrected chi connectivity index (χ0v) is 13.8. The van der Waals surface area contributed by atoms with E-state index in [0.717, 1.165) is 24.5 Å². The summed E-state index contributed by atoms with van der Waals surface area (Å²) in [6.45, 7) is 13.0. The van der Waals surface area contributed by atoms with E-state index in [2.05, 4.69) is 37.9 Å². The molecule has 19 heavy (non-hydrogen) atoms. The Balaban J connectivity index is 2.20. The highest BCUT2D eigenvalue weighted by Crippen LogP contribution is 2.24. The molecule has 2 unspecified atom stereocenters. The summed E-state index contributed by atoms with van der Waals surface area (Å²) in [4.78, 5) is 2.80. The molecule has 114 valence electrons. The monoisotopic (exact) mass is 268 g/mol. The SMILES string of the molecule is CCCC1CCCCN1C(C)CCCNCC(C)C. The van der Waals surface area contributed by atoms with Gasteiger partial charge in [0.05, 0.1) is 0 Å². The lowest BCUT2D eigenvalue weighted by Crippen LogP contribution is -2.45. The molecular formula is C17H36N2. The molecule has 0 aromatic rings. The van der Waals surface area contributed by atoms with Gasteiger partial charge in [0.15, 0.2) is 0 Å². The van der Waals surface area contributed by atoms with Crippen molar-refractivity contribution in [3.05, 3.63) is 0 Å². The van der Waals surface area contributed by atoms with Gasteiger partial charge in [-0.2, -0.15) is 0 Å². The molecule has 0 spiro atoms. The molecule has 0 radical (unpaired) electrons. The van der Waals surface area contributed by atoms with Crippen LogP contribution in [0, 0.1) is 5.92 Å². The van der Waals surface area contributed by atoms with Crippen LogP contribution in [0.2, 0.25) is 0 Å². The van der Waals surface area contributed by atoms with Gasteiger partial charge in [-0.1, -0.05) is 33.6 Å². The molecule has 0 saturated carbocycles. The minimum atomic E-state index is 0.772. The van der Waals surface area contributed by atoms with E-state index in [0.29, 0.717) is 0 Å². The van der Waals surface area contributed by atoms with Gasteiger partial charge < -0.3 is 5.32 Å². The second-order valence-electron chi connectivity index (χ2n) is 6.77. The van der Waals surface area contributed by atoms with Gasteiger partial charge in [0, 0.05) is 12.1 Å². The molecule has 0 aromatic heterocycles. The Morgan fingerprint density at radius 1 is 1.21 bits per heavy atom. The summed E-state index contributed by atoms with van der Waals surface area (Å²) in [6.07, 6.45) is 9.71. The average molecular weight is 268 g/mol. The van der Waals surface area contributed by atoms with Crippen molar-refractivity contribution in [2.75, 3.05) is 19.6 Å². The van der Waals surface area contributed by atoms with Crippen molar-refractivity contribution < 1.29 is 0 Å². The van der Waals surface area contributed by atoms with E-state index >= 15 is 0 Å². The first-order chi connectivity index (χ1) is 9.15. The first kappa shape index (κ1) is 17.0. The zero-order chi connectivity index (χ0) is 14.1. The van der Waals surface area contributed by atoms with Crippen LogP contribution < -0.4 is 5.32 Å². The lowest BCUT2D eigenvalue weighted by molar-refractivity contribution is 0.0908. The molecule has 0 aromatic carbocycles. The first-order valence-corrected chi connectivity index (χ1v) is 8.61. The highest BCUT2D eigenvalue weighted by Gasteiger charge is 2.25. The maximum atomic E-state index is 3.56. The second-order valence-corrected chi connectivity index (χ2v) is 6.77. The van der Waals surface area contributed by atoms with E-state index in [1.54, 1.807) is 0 Å². The van der Waals surface area contributed by atoms with E-state index in [1.807, 2.05) is 0 Å². The van der Waals surface area contributed by atoms with Gasteiger partial charge in [-0.25, -0.2) is 0 Å². The van der Waals surface area contributed by atoms with E-state index in [9.17, 15) is 0 Å². The van der Waals surface area contributed by atoms with Crippen LogP contribution in [0.5, 0.6) is 0 Å². The highest BCUT2D eigenvalue weighted by atomic mass is 15.2. The summed E-state index contributed by atoms with van der Waals surface area (Å²) in [6, 6.07) is 1.65. The Kier molecular flexibility index (Phi) is 8.72. The van der Waals surface area contributed by atoms with E-state index in [1.165, 1.54) is 58.0 Å². The number of likely N-dealkylation sites (tertiary alicyclic amines) is 1. The topological polar surface area (TPSA) is 15.3 Å². The summed E-state index contributed by atoms with van der Waals surface area (Å²) in [7, 11) is 0. The van der Waals surface area contributed by atoms with Crippen LogP contribution in [0.3, 0.4) is 0 Å². The Hall–Kier alpha value is -0.0800. The summed E-state index contributed by atoms with van der Waals surface area (Å²) in [5.41, 5.74) is 0. The molecular weight excluding hydrogens is 232 g/mol. The lowest BCUT2D eigenvalue weighted by atomic mass is 9.95. The molecule has 1 aliphatic rings. The van der Waals surface area contributed by atoms with Crippen molar-refractivity contribution in [3.8, 4) is 0 Å². The molecule has 2 nitrogen and oxygen atoms in total. The summed E-state index contributed by atoms with van der Waals surface area (Å²) in [5, 5.41) is 3.56. The molecule has 1 saturated heterocycles. The molecule has 0 amide bonds. The Bertz CT molecular complexity index is 213. The van der Waals surface area contributed by atoms with Crippen LogP contribution in [0.4, 0.5) is 0 Å². The summed E-state index contributed by atoms with van der Waals surface area (Å²) in [5.74, 6) is 0.772.